The van der Waals surface area contributed by atoms with Gasteiger partial charge in [-0.15, -0.1) is 0 Å². The molecule has 0 saturated carbocycles. The fourth-order valence-corrected chi connectivity index (χ4v) is 7.48. The zero-order valence-corrected chi connectivity index (χ0v) is 25.1. The van der Waals surface area contributed by atoms with E-state index in [9.17, 15) is 5.11 Å². The van der Waals surface area contributed by atoms with Crippen molar-refractivity contribution in [3.63, 3.8) is 0 Å². The van der Waals surface area contributed by atoms with Crippen molar-refractivity contribution in [1.29, 1.82) is 0 Å². The van der Waals surface area contributed by atoms with E-state index >= 15 is 0 Å². The first kappa shape index (κ1) is 26.4. The third kappa shape index (κ3) is 4.17. The molecule has 4 aliphatic rings. The molecule has 43 heavy (non-hydrogen) atoms. The number of ether oxygens (including phenoxy) is 4. The summed E-state index contributed by atoms with van der Waals surface area (Å²) in [5.41, 5.74) is 8.90. The second-order valence-electron chi connectivity index (χ2n) is 12.3. The zero-order valence-electron chi connectivity index (χ0n) is 25.1. The van der Waals surface area contributed by atoms with Crippen LogP contribution in [-0.2, 0) is 25.7 Å². The van der Waals surface area contributed by atoms with Gasteiger partial charge in [-0.05, 0) is 110 Å². The lowest BCUT2D eigenvalue weighted by Crippen LogP contribution is -2.34. The van der Waals surface area contributed by atoms with E-state index in [1.165, 1.54) is 16.7 Å². The molecule has 0 radical (unpaired) electrons. The molecule has 7 nitrogen and oxygen atoms in total. The van der Waals surface area contributed by atoms with E-state index in [0.717, 1.165) is 89.6 Å². The van der Waals surface area contributed by atoms with Gasteiger partial charge < -0.3 is 24.1 Å². The van der Waals surface area contributed by atoms with E-state index in [-0.39, 0.29) is 17.8 Å². The molecule has 4 heterocycles. The molecule has 7 bridgehead atoms. The summed E-state index contributed by atoms with van der Waals surface area (Å²) in [7, 11) is 7.75. The highest BCUT2D eigenvalue weighted by Gasteiger charge is 2.37. The first-order valence-electron chi connectivity index (χ1n) is 15.1. The Morgan fingerprint density at radius 3 is 2.14 bits per heavy atom. The van der Waals surface area contributed by atoms with E-state index in [4.69, 9.17) is 18.9 Å². The van der Waals surface area contributed by atoms with Crippen molar-refractivity contribution in [2.75, 3.05) is 41.4 Å². The summed E-state index contributed by atoms with van der Waals surface area (Å²) < 4.78 is 25.3. The Morgan fingerprint density at radius 2 is 1.35 bits per heavy atom. The highest BCUT2D eigenvalue weighted by Crippen LogP contribution is 2.56. The Labute approximate surface area is 252 Å². The summed E-state index contributed by atoms with van der Waals surface area (Å²) in [6.07, 6.45) is 3.39. The van der Waals surface area contributed by atoms with Crippen LogP contribution in [0.3, 0.4) is 0 Å². The van der Waals surface area contributed by atoms with Crippen molar-refractivity contribution in [3.05, 3.63) is 88.0 Å². The number of aromatic hydroxyl groups is 1. The van der Waals surface area contributed by atoms with Gasteiger partial charge in [-0.1, -0.05) is 12.1 Å². The third-order valence-electron chi connectivity index (χ3n) is 9.87. The Hall–Kier alpha value is -4.20. The average molecular weight is 577 g/mol. The first-order valence-corrected chi connectivity index (χ1v) is 15.1. The van der Waals surface area contributed by atoms with E-state index in [0.29, 0.717) is 11.5 Å². The number of methoxy groups -OCH3 is 2. The molecule has 0 fully saturated rings. The predicted molar refractivity (Wildman–Crippen MR) is 165 cm³/mol. The molecular formula is C36H36N2O5. The molecule has 4 aromatic carbocycles. The minimum atomic E-state index is 0.0548. The summed E-state index contributed by atoms with van der Waals surface area (Å²) in [4.78, 5) is 4.82. The number of phenolic OH excluding ortho intramolecular Hbond substituents is 1. The zero-order chi connectivity index (χ0) is 29.4. The standard InChI is InChI=1S/C36H36N2O5/c1-37-11-9-22-17-31-32-19-24(22)27(37)15-20-5-7-29(39)25(13-20)26-14-21(6-8-30(26)40-3)16-28-34-23(10-12-38(28)2)18-33(41-4)35(42-31)36(34)43-32/h5-8,13-14,17-19,27-28,39H,9-12,15-16H2,1-4H3/t27-,28?/m0/s1. The van der Waals surface area contributed by atoms with Crippen LogP contribution in [0.5, 0.6) is 40.2 Å². The van der Waals surface area contributed by atoms with Gasteiger partial charge in [-0.2, -0.15) is 0 Å². The third-order valence-corrected chi connectivity index (χ3v) is 9.87. The summed E-state index contributed by atoms with van der Waals surface area (Å²) in [6.45, 7) is 1.87. The minimum Gasteiger partial charge on any atom is -0.507 e. The van der Waals surface area contributed by atoms with Crippen LogP contribution in [0.25, 0.3) is 11.1 Å². The van der Waals surface area contributed by atoms with Crippen LogP contribution in [0.2, 0.25) is 0 Å². The molecule has 0 spiro atoms. The second kappa shape index (κ2) is 9.93. The molecule has 8 rings (SSSR count). The highest BCUT2D eigenvalue weighted by molar-refractivity contribution is 5.77. The van der Waals surface area contributed by atoms with Crippen molar-refractivity contribution in [3.8, 4) is 51.4 Å². The van der Waals surface area contributed by atoms with E-state index < -0.39 is 0 Å². The van der Waals surface area contributed by atoms with Crippen LogP contribution < -0.4 is 18.9 Å². The fraction of sp³-hybridized carbons (Fsp3) is 0.333. The maximum atomic E-state index is 11.1. The minimum absolute atomic E-state index is 0.0548. The summed E-state index contributed by atoms with van der Waals surface area (Å²) >= 11 is 0. The molecule has 220 valence electrons. The quantitative estimate of drug-likeness (QED) is 0.247. The molecule has 2 atom stereocenters. The number of hydrogen-bond acceptors (Lipinski definition) is 7. The topological polar surface area (TPSA) is 63.6 Å². The van der Waals surface area contributed by atoms with Gasteiger partial charge in [0, 0.05) is 41.9 Å². The van der Waals surface area contributed by atoms with Gasteiger partial charge >= 0.3 is 0 Å². The summed E-state index contributed by atoms with van der Waals surface area (Å²) in [5, 5.41) is 11.1. The van der Waals surface area contributed by atoms with Crippen molar-refractivity contribution in [2.24, 2.45) is 0 Å². The van der Waals surface area contributed by atoms with Gasteiger partial charge in [0.05, 0.1) is 14.2 Å². The normalized spacial score (nSPS) is 20.3. The van der Waals surface area contributed by atoms with Crippen molar-refractivity contribution >= 4 is 0 Å². The molecule has 0 aromatic heterocycles. The molecule has 0 amide bonds. The predicted octanol–water partition coefficient (Wildman–Crippen LogP) is 6.83. The fourth-order valence-electron chi connectivity index (χ4n) is 7.48. The monoisotopic (exact) mass is 576 g/mol. The molecule has 4 aliphatic heterocycles. The Balaban J connectivity index is 1.40. The van der Waals surface area contributed by atoms with Crippen LogP contribution in [0, 0.1) is 0 Å². The number of benzene rings is 4. The van der Waals surface area contributed by atoms with Gasteiger partial charge in [-0.3, -0.25) is 9.80 Å². The van der Waals surface area contributed by atoms with Crippen LogP contribution in [0.4, 0.5) is 0 Å². The molecule has 0 saturated heterocycles. The lowest BCUT2D eigenvalue weighted by atomic mass is 9.85. The molecule has 1 unspecified atom stereocenters. The van der Waals surface area contributed by atoms with Crippen LogP contribution in [-0.4, -0.2) is 56.3 Å². The Morgan fingerprint density at radius 1 is 0.698 bits per heavy atom. The Kier molecular flexibility index (Phi) is 6.10. The second-order valence-corrected chi connectivity index (χ2v) is 12.3. The smallest absolute Gasteiger partial charge is 0.212 e. The number of fused-ring (bicyclic) bond motifs is 5. The summed E-state index contributed by atoms with van der Waals surface area (Å²) in [5.74, 6) is 4.58. The lowest BCUT2D eigenvalue weighted by molar-refractivity contribution is 0.218. The summed E-state index contributed by atoms with van der Waals surface area (Å²) in [6, 6.07) is 19.0. The van der Waals surface area contributed by atoms with Gasteiger partial charge in [-0.25, -0.2) is 0 Å². The maximum absolute atomic E-state index is 11.1. The lowest BCUT2D eigenvalue weighted by Gasteiger charge is -2.39. The van der Waals surface area contributed by atoms with Crippen molar-refractivity contribution in [2.45, 2.75) is 37.8 Å². The molecule has 0 aliphatic carbocycles. The molecule has 7 heteroatoms. The van der Waals surface area contributed by atoms with Crippen molar-refractivity contribution < 1.29 is 24.1 Å². The molecular weight excluding hydrogens is 540 g/mol. The highest BCUT2D eigenvalue weighted by atomic mass is 16.6. The first-order chi connectivity index (χ1) is 20.9. The number of nitrogens with zero attached hydrogens (tertiary/aromatic N) is 2. The largest absolute Gasteiger partial charge is 0.507 e. The van der Waals surface area contributed by atoms with Gasteiger partial charge in [0.15, 0.2) is 23.0 Å². The SMILES string of the molecule is COc1ccc2cc1-c1cc(ccc1O)C[C@H]1c3cc4c(cc3CCN1C)Oc1c(OC)cc3c(c1O4)C(C2)N(C)CC3. The number of hydrogen-bond donors (Lipinski definition) is 1. The van der Waals surface area contributed by atoms with Crippen molar-refractivity contribution in [1.82, 2.24) is 9.80 Å². The van der Waals surface area contributed by atoms with Gasteiger partial charge in [0.2, 0.25) is 5.75 Å². The number of rotatable bonds is 2. The van der Waals surface area contributed by atoms with Crippen LogP contribution >= 0.6 is 0 Å². The van der Waals surface area contributed by atoms with Crippen LogP contribution in [0.15, 0.2) is 54.6 Å². The van der Waals surface area contributed by atoms with Gasteiger partial charge in [0.1, 0.15) is 11.5 Å². The van der Waals surface area contributed by atoms with E-state index in [1.54, 1.807) is 14.2 Å². The van der Waals surface area contributed by atoms with Crippen LogP contribution in [0.1, 0.15) is 45.5 Å². The number of phenols is 1. The van der Waals surface area contributed by atoms with E-state index in [1.807, 2.05) is 18.2 Å². The average Bonchev–Trinajstić information content (AvgIpc) is 3.02. The maximum Gasteiger partial charge on any atom is 0.212 e. The Bertz CT molecular complexity index is 1780. The molecule has 1 N–H and O–H groups in total. The van der Waals surface area contributed by atoms with Gasteiger partial charge in [0.25, 0.3) is 0 Å². The van der Waals surface area contributed by atoms with E-state index in [2.05, 4.69) is 60.3 Å². The molecule has 4 aromatic rings. The number of likely N-dealkylation sites (N-methyl/N-ethyl adjacent to an activating group) is 2.